The number of unbranched alkanes of at least 4 members (excludes halogenated alkanes) is 3. The second kappa shape index (κ2) is 8.53. The number of aliphatic carboxylic acids is 1. The zero-order valence-corrected chi connectivity index (χ0v) is 10.4. The topological polar surface area (TPSA) is 66.8 Å². The van der Waals surface area contributed by atoms with Gasteiger partial charge in [-0.1, -0.05) is 26.2 Å². The highest BCUT2D eigenvalue weighted by atomic mass is 16.5. The van der Waals surface area contributed by atoms with Crippen molar-refractivity contribution in [1.29, 1.82) is 0 Å². The Bertz CT molecular complexity index is 193. The van der Waals surface area contributed by atoms with Gasteiger partial charge in [0.1, 0.15) is 0 Å². The van der Waals surface area contributed by atoms with Crippen molar-refractivity contribution in [2.45, 2.75) is 58.0 Å². The van der Waals surface area contributed by atoms with Crippen LogP contribution in [0.25, 0.3) is 0 Å². The largest absolute Gasteiger partial charge is 0.479 e. The lowest BCUT2D eigenvalue weighted by atomic mass is 9.98. The summed E-state index contributed by atoms with van der Waals surface area (Å²) in [5.41, 5.74) is -1.09. The molecule has 0 rings (SSSR count). The van der Waals surface area contributed by atoms with Gasteiger partial charge in [-0.15, -0.1) is 0 Å². The van der Waals surface area contributed by atoms with E-state index in [0.717, 1.165) is 25.7 Å². The fourth-order valence-electron chi connectivity index (χ4n) is 1.49. The Morgan fingerprint density at radius 1 is 1.25 bits per heavy atom. The van der Waals surface area contributed by atoms with Gasteiger partial charge in [-0.2, -0.15) is 0 Å². The minimum atomic E-state index is -1.09. The highest BCUT2D eigenvalue weighted by Crippen LogP contribution is 2.20. The van der Waals surface area contributed by atoms with Crippen LogP contribution in [0.2, 0.25) is 0 Å². The SMILES string of the molecule is CCCCCCC(C)(OCCCO)C(=O)O. The summed E-state index contributed by atoms with van der Waals surface area (Å²) in [6.07, 6.45) is 5.20. The van der Waals surface area contributed by atoms with Crippen molar-refractivity contribution < 1.29 is 19.7 Å². The summed E-state index contributed by atoms with van der Waals surface area (Å²) in [6, 6.07) is 0. The van der Waals surface area contributed by atoms with Crippen LogP contribution in [0, 0.1) is 0 Å². The standard InChI is InChI=1S/C12H24O4/c1-3-4-5-6-8-12(2,11(14)15)16-10-7-9-13/h13H,3-10H2,1-2H3,(H,14,15). The number of carbonyl (C=O) groups is 1. The van der Waals surface area contributed by atoms with Gasteiger partial charge in [0, 0.05) is 6.61 Å². The molecule has 0 aliphatic heterocycles. The third kappa shape index (κ3) is 6.08. The van der Waals surface area contributed by atoms with E-state index in [1.54, 1.807) is 6.92 Å². The molecule has 16 heavy (non-hydrogen) atoms. The number of hydrogen-bond acceptors (Lipinski definition) is 3. The van der Waals surface area contributed by atoms with E-state index in [9.17, 15) is 4.79 Å². The first-order chi connectivity index (χ1) is 7.56. The molecule has 4 heteroatoms. The molecule has 0 heterocycles. The average Bonchev–Trinajstić information content (AvgIpc) is 2.25. The molecule has 96 valence electrons. The molecular formula is C12H24O4. The lowest BCUT2D eigenvalue weighted by molar-refractivity contribution is -0.165. The van der Waals surface area contributed by atoms with Crippen molar-refractivity contribution in [3.05, 3.63) is 0 Å². The zero-order valence-electron chi connectivity index (χ0n) is 10.4. The number of carboxylic acid groups (broad SMARTS) is 1. The summed E-state index contributed by atoms with van der Waals surface area (Å²) < 4.78 is 5.35. The third-order valence-electron chi connectivity index (χ3n) is 2.68. The van der Waals surface area contributed by atoms with Crippen molar-refractivity contribution in [2.75, 3.05) is 13.2 Å². The van der Waals surface area contributed by atoms with E-state index in [4.69, 9.17) is 14.9 Å². The number of aliphatic hydroxyl groups is 1. The molecule has 0 fully saturated rings. The first-order valence-corrected chi connectivity index (χ1v) is 6.05. The van der Waals surface area contributed by atoms with Gasteiger partial charge in [0.15, 0.2) is 5.60 Å². The molecule has 4 nitrogen and oxygen atoms in total. The monoisotopic (exact) mass is 232 g/mol. The van der Waals surface area contributed by atoms with Crippen LogP contribution in [0.4, 0.5) is 0 Å². The summed E-state index contributed by atoms with van der Waals surface area (Å²) in [4.78, 5) is 11.1. The van der Waals surface area contributed by atoms with E-state index in [-0.39, 0.29) is 6.61 Å². The van der Waals surface area contributed by atoms with E-state index in [1.165, 1.54) is 0 Å². The average molecular weight is 232 g/mol. The summed E-state index contributed by atoms with van der Waals surface area (Å²) in [7, 11) is 0. The number of rotatable bonds is 10. The predicted octanol–water partition coefficient (Wildman–Crippen LogP) is 2.20. The van der Waals surface area contributed by atoms with Gasteiger partial charge in [0.25, 0.3) is 0 Å². The van der Waals surface area contributed by atoms with Crippen LogP contribution in [0.1, 0.15) is 52.4 Å². The van der Waals surface area contributed by atoms with E-state index in [0.29, 0.717) is 19.4 Å². The molecule has 0 spiro atoms. The number of carboxylic acids is 1. The molecule has 0 aromatic carbocycles. The van der Waals surface area contributed by atoms with E-state index >= 15 is 0 Å². The molecule has 0 aliphatic carbocycles. The van der Waals surface area contributed by atoms with Crippen LogP contribution < -0.4 is 0 Å². The quantitative estimate of drug-likeness (QED) is 0.567. The van der Waals surface area contributed by atoms with Crippen LogP contribution in [0.5, 0.6) is 0 Å². The molecule has 1 atom stereocenters. The first kappa shape index (κ1) is 15.4. The maximum Gasteiger partial charge on any atom is 0.335 e. The number of aliphatic hydroxyl groups excluding tert-OH is 1. The van der Waals surface area contributed by atoms with Gasteiger partial charge in [-0.3, -0.25) is 0 Å². The molecule has 0 aromatic rings. The summed E-state index contributed by atoms with van der Waals surface area (Å²) in [6.45, 7) is 4.06. The molecule has 0 aliphatic rings. The third-order valence-corrected chi connectivity index (χ3v) is 2.68. The van der Waals surface area contributed by atoms with Gasteiger partial charge >= 0.3 is 5.97 Å². The maximum absolute atomic E-state index is 11.1. The van der Waals surface area contributed by atoms with Gasteiger partial charge in [0.05, 0.1) is 6.61 Å². The maximum atomic E-state index is 11.1. The van der Waals surface area contributed by atoms with E-state index in [1.807, 2.05) is 0 Å². The second-order valence-electron chi connectivity index (χ2n) is 4.27. The fourth-order valence-corrected chi connectivity index (χ4v) is 1.49. The minimum Gasteiger partial charge on any atom is -0.479 e. The Labute approximate surface area is 97.6 Å². The van der Waals surface area contributed by atoms with Gasteiger partial charge in [-0.25, -0.2) is 4.79 Å². The summed E-state index contributed by atoms with van der Waals surface area (Å²) in [5.74, 6) is -0.915. The first-order valence-electron chi connectivity index (χ1n) is 6.05. The van der Waals surface area contributed by atoms with Gasteiger partial charge < -0.3 is 14.9 Å². The van der Waals surface area contributed by atoms with Crippen molar-refractivity contribution >= 4 is 5.97 Å². The minimum absolute atomic E-state index is 0.0333. The lowest BCUT2D eigenvalue weighted by Gasteiger charge is -2.25. The van der Waals surface area contributed by atoms with E-state index < -0.39 is 11.6 Å². The number of hydrogen-bond donors (Lipinski definition) is 2. The molecule has 0 saturated carbocycles. The van der Waals surface area contributed by atoms with Crippen LogP contribution >= 0.6 is 0 Å². The molecule has 0 aromatic heterocycles. The summed E-state index contributed by atoms with van der Waals surface area (Å²) >= 11 is 0. The molecule has 2 N–H and O–H groups in total. The molecule has 0 radical (unpaired) electrons. The van der Waals surface area contributed by atoms with E-state index in [2.05, 4.69) is 6.92 Å². The van der Waals surface area contributed by atoms with Crippen molar-refractivity contribution in [3.63, 3.8) is 0 Å². The Kier molecular flexibility index (Phi) is 8.21. The molecule has 0 saturated heterocycles. The zero-order chi connectivity index (χ0) is 12.4. The van der Waals surface area contributed by atoms with Crippen LogP contribution in [-0.4, -0.2) is 35.0 Å². The summed E-state index contributed by atoms with van der Waals surface area (Å²) in [5, 5.41) is 17.7. The van der Waals surface area contributed by atoms with Gasteiger partial charge in [0.2, 0.25) is 0 Å². The number of ether oxygens (including phenoxy) is 1. The van der Waals surface area contributed by atoms with Crippen LogP contribution in [0.3, 0.4) is 0 Å². The molecule has 1 unspecified atom stereocenters. The Hall–Kier alpha value is -0.610. The molecule has 0 amide bonds. The van der Waals surface area contributed by atoms with Crippen molar-refractivity contribution in [1.82, 2.24) is 0 Å². The smallest absolute Gasteiger partial charge is 0.335 e. The highest BCUT2D eigenvalue weighted by molar-refractivity contribution is 5.76. The van der Waals surface area contributed by atoms with Crippen molar-refractivity contribution in [2.24, 2.45) is 0 Å². The predicted molar refractivity (Wildman–Crippen MR) is 62.5 cm³/mol. The van der Waals surface area contributed by atoms with Crippen LogP contribution in [0.15, 0.2) is 0 Å². The molecular weight excluding hydrogens is 208 g/mol. The Morgan fingerprint density at radius 3 is 2.44 bits per heavy atom. The van der Waals surface area contributed by atoms with Crippen molar-refractivity contribution in [3.8, 4) is 0 Å². The lowest BCUT2D eigenvalue weighted by Crippen LogP contribution is -2.38. The normalized spacial score (nSPS) is 14.7. The Balaban J connectivity index is 3.96. The van der Waals surface area contributed by atoms with Gasteiger partial charge in [-0.05, 0) is 26.2 Å². The Morgan fingerprint density at radius 2 is 1.94 bits per heavy atom. The second-order valence-corrected chi connectivity index (χ2v) is 4.27. The molecule has 0 bridgehead atoms. The fraction of sp³-hybridized carbons (Fsp3) is 0.917. The highest BCUT2D eigenvalue weighted by Gasteiger charge is 2.33. The van der Waals surface area contributed by atoms with Crippen LogP contribution in [-0.2, 0) is 9.53 Å².